The van der Waals surface area contributed by atoms with E-state index in [0.717, 1.165) is 23.7 Å². The van der Waals surface area contributed by atoms with Crippen LogP contribution in [0.1, 0.15) is 25.7 Å². The van der Waals surface area contributed by atoms with E-state index < -0.39 is 10.0 Å². The minimum Gasteiger partial charge on any atom is -0.396 e. The molecule has 0 atom stereocenters. The molecule has 1 fully saturated rings. The topological polar surface area (TPSA) is 57.6 Å². The highest BCUT2D eigenvalue weighted by atomic mass is 79.9. The average Bonchev–Trinajstić information content (AvgIpc) is 2.31. The Hall–Kier alpha value is 0.0500. The lowest BCUT2D eigenvalue weighted by Gasteiger charge is -2.36. The number of hydrogen-bond acceptors (Lipinski definition) is 3. The van der Waals surface area contributed by atoms with E-state index in [1.54, 1.807) is 22.5 Å². The molecule has 0 aromatic heterocycles. The summed E-state index contributed by atoms with van der Waals surface area (Å²) in [5, 5.41) is 8.98. The van der Waals surface area contributed by atoms with E-state index in [0.29, 0.717) is 17.4 Å². The first-order chi connectivity index (χ1) is 9.46. The molecule has 1 aromatic carbocycles. The predicted molar refractivity (Wildman–Crippen MR) is 85.1 cm³/mol. The molecule has 0 spiro atoms. The van der Waals surface area contributed by atoms with Gasteiger partial charge in [-0.25, -0.2) is 8.42 Å². The smallest absolute Gasteiger partial charge is 0.244 e. The van der Waals surface area contributed by atoms with E-state index in [9.17, 15) is 8.42 Å². The average molecular weight is 427 g/mol. The van der Waals surface area contributed by atoms with Gasteiger partial charge in [0.05, 0.1) is 4.90 Å². The number of halogens is 2. The fourth-order valence-electron chi connectivity index (χ4n) is 2.21. The minimum absolute atomic E-state index is 0.000246. The van der Waals surface area contributed by atoms with Crippen LogP contribution in [0.25, 0.3) is 0 Å². The third kappa shape index (κ3) is 3.44. The highest BCUT2D eigenvalue weighted by molar-refractivity contribution is 9.11. The maximum Gasteiger partial charge on any atom is 0.244 e. The summed E-state index contributed by atoms with van der Waals surface area (Å²) in [6.45, 7) is 0.367. The second-order valence-corrected chi connectivity index (χ2v) is 8.48. The molecule has 7 heteroatoms. The van der Waals surface area contributed by atoms with Crippen molar-refractivity contribution in [3.8, 4) is 0 Å². The van der Waals surface area contributed by atoms with Crippen LogP contribution in [0.4, 0.5) is 0 Å². The number of rotatable bonds is 6. The maximum atomic E-state index is 12.8. The number of aliphatic hydroxyl groups excluding tert-OH is 1. The molecule has 0 unspecified atom stereocenters. The molecule has 112 valence electrons. The third-order valence-electron chi connectivity index (χ3n) is 3.50. The number of aliphatic hydroxyl groups is 1. The molecule has 0 saturated heterocycles. The second kappa shape index (κ2) is 6.87. The van der Waals surface area contributed by atoms with Gasteiger partial charge < -0.3 is 5.11 Å². The van der Waals surface area contributed by atoms with Crippen molar-refractivity contribution in [2.24, 2.45) is 0 Å². The summed E-state index contributed by atoms with van der Waals surface area (Å²) < 4.78 is 28.5. The van der Waals surface area contributed by atoms with Crippen LogP contribution in [0, 0.1) is 0 Å². The number of hydrogen-bond donors (Lipinski definition) is 1. The van der Waals surface area contributed by atoms with Crippen LogP contribution >= 0.6 is 31.9 Å². The van der Waals surface area contributed by atoms with Crippen molar-refractivity contribution in [2.45, 2.75) is 36.6 Å². The van der Waals surface area contributed by atoms with Crippen LogP contribution in [-0.2, 0) is 10.0 Å². The second-order valence-electron chi connectivity index (χ2n) is 4.85. The largest absolute Gasteiger partial charge is 0.396 e. The minimum atomic E-state index is -3.53. The van der Waals surface area contributed by atoms with Crippen molar-refractivity contribution < 1.29 is 13.5 Å². The molecule has 1 aliphatic carbocycles. The Balaban J connectivity index is 2.33. The quantitative estimate of drug-likeness (QED) is 0.760. The van der Waals surface area contributed by atoms with Crippen LogP contribution in [0.15, 0.2) is 32.0 Å². The number of sulfonamides is 1. The molecule has 0 radical (unpaired) electrons. The third-order valence-corrected chi connectivity index (χ3v) is 6.92. The van der Waals surface area contributed by atoms with Gasteiger partial charge in [0.15, 0.2) is 0 Å². The summed E-state index contributed by atoms with van der Waals surface area (Å²) in [4.78, 5) is 0.283. The molecule has 0 aliphatic heterocycles. The van der Waals surface area contributed by atoms with Gasteiger partial charge in [0.1, 0.15) is 0 Å². The van der Waals surface area contributed by atoms with Gasteiger partial charge in [-0.15, -0.1) is 0 Å². The van der Waals surface area contributed by atoms with Gasteiger partial charge in [-0.3, -0.25) is 0 Å². The van der Waals surface area contributed by atoms with Crippen molar-refractivity contribution in [1.29, 1.82) is 0 Å². The van der Waals surface area contributed by atoms with Gasteiger partial charge >= 0.3 is 0 Å². The summed E-state index contributed by atoms with van der Waals surface area (Å²) in [7, 11) is -3.53. The Morgan fingerprint density at radius 1 is 1.30 bits per heavy atom. The van der Waals surface area contributed by atoms with Gasteiger partial charge in [0, 0.05) is 28.1 Å². The summed E-state index contributed by atoms with van der Waals surface area (Å²) in [6, 6.07) is 5.14. The molecule has 20 heavy (non-hydrogen) atoms. The molecule has 1 aromatic rings. The predicted octanol–water partition coefficient (Wildman–Crippen LogP) is 3.14. The monoisotopic (exact) mass is 425 g/mol. The fourth-order valence-corrected chi connectivity index (χ4v) is 5.64. The van der Waals surface area contributed by atoms with E-state index in [2.05, 4.69) is 31.9 Å². The van der Waals surface area contributed by atoms with E-state index in [-0.39, 0.29) is 17.5 Å². The van der Waals surface area contributed by atoms with Gasteiger partial charge in [-0.05, 0) is 53.4 Å². The summed E-state index contributed by atoms with van der Waals surface area (Å²) in [6.07, 6.45) is 3.33. The zero-order valence-electron chi connectivity index (χ0n) is 10.9. The van der Waals surface area contributed by atoms with Gasteiger partial charge in [0.2, 0.25) is 10.0 Å². The normalized spacial score (nSPS) is 16.4. The molecule has 1 N–H and O–H groups in total. The number of nitrogens with zero attached hydrogens (tertiary/aromatic N) is 1. The maximum absolute atomic E-state index is 12.8. The zero-order valence-corrected chi connectivity index (χ0v) is 14.9. The molecule has 0 amide bonds. The van der Waals surface area contributed by atoms with Gasteiger partial charge in [-0.2, -0.15) is 4.31 Å². The Bertz CT molecular complexity index is 573. The molecular weight excluding hydrogens is 410 g/mol. The highest BCUT2D eigenvalue weighted by Crippen LogP contribution is 2.33. The van der Waals surface area contributed by atoms with Crippen molar-refractivity contribution in [3.05, 3.63) is 27.1 Å². The van der Waals surface area contributed by atoms with E-state index >= 15 is 0 Å². The lowest BCUT2D eigenvalue weighted by molar-refractivity contribution is 0.198. The Labute approximate surface area is 136 Å². The molecule has 0 bridgehead atoms. The van der Waals surface area contributed by atoms with Crippen LogP contribution in [0.2, 0.25) is 0 Å². The van der Waals surface area contributed by atoms with Crippen molar-refractivity contribution >= 4 is 41.9 Å². The van der Waals surface area contributed by atoms with Crippen molar-refractivity contribution in [2.75, 3.05) is 13.2 Å². The Morgan fingerprint density at radius 2 is 2.00 bits per heavy atom. The summed E-state index contributed by atoms with van der Waals surface area (Å²) in [5.74, 6) is 0. The first-order valence-electron chi connectivity index (χ1n) is 6.54. The van der Waals surface area contributed by atoms with E-state index in [4.69, 9.17) is 5.11 Å². The molecule has 2 rings (SSSR count). The fraction of sp³-hybridized carbons (Fsp3) is 0.538. The SMILES string of the molecule is O=S(=O)(c1ccc(Br)cc1Br)N(CCCO)C1CCC1. The molecule has 0 heterocycles. The molecule has 4 nitrogen and oxygen atoms in total. The molecule has 1 saturated carbocycles. The Kier molecular flexibility index (Phi) is 5.64. The van der Waals surface area contributed by atoms with Crippen molar-refractivity contribution in [1.82, 2.24) is 4.31 Å². The summed E-state index contributed by atoms with van der Waals surface area (Å²) >= 11 is 6.65. The van der Waals surface area contributed by atoms with Crippen LogP contribution in [-0.4, -0.2) is 37.0 Å². The molecular formula is C13H17Br2NO3S. The lowest BCUT2D eigenvalue weighted by atomic mass is 9.93. The first kappa shape index (κ1) is 16.4. The van der Waals surface area contributed by atoms with Crippen LogP contribution in [0.3, 0.4) is 0 Å². The molecule has 1 aliphatic rings. The Morgan fingerprint density at radius 3 is 2.50 bits per heavy atom. The first-order valence-corrected chi connectivity index (χ1v) is 9.57. The lowest BCUT2D eigenvalue weighted by Crippen LogP contribution is -2.44. The standard InChI is InChI=1S/C13H17Br2NO3S/c14-10-5-6-13(12(15)9-10)20(18,19)16(7-2-8-17)11-3-1-4-11/h5-6,9,11,17H,1-4,7-8H2. The zero-order chi connectivity index (χ0) is 14.8. The van der Waals surface area contributed by atoms with Gasteiger partial charge in [-0.1, -0.05) is 22.4 Å². The highest BCUT2D eigenvalue weighted by Gasteiger charge is 2.35. The van der Waals surface area contributed by atoms with Crippen molar-refractivity contribution in [3.63, 3.8) is 0 Å². The van der Waals surface area contributed by atoms with E-state index in [1.165, 1.54) is 0 Å². The summed E-state index contributed by atoms with van der Waals surface area (Å²) in [5.41, 5.74) is 0. The van der Waals surface area contributed by atoms with E-state index in [1.807, 2.05) is 0 Å². The van der Waals surface area contributed by atoms with Crippen LogP contribution in [0.5, 0.6) is 0 Å². The number of benzene rings is 1. The van der Waals surface area contributed by atoms with Gasteiger partial charge in [0.25, 0.3) is 0 Å². The van der Waals surface area contributed by atoms with Crippen LogP contribution < -0.4 is 0 Å².